The quantitative estimate of drug-likeness (QED) is 0.297. The van der Waals surface area contributed by atoms with E-state index in [1.165, 1.54) is 4.90 Å². The summed E-state index contributed by atoms with van der Waals surface area (Å²) >= 11 is 3.45. The first kappa shape index (κ1) is 31.4. The zero-order chi connectivity index (χ0) is 29.4. The highest BCUT2D eigenvalue weighted by atomic mass is 79.9. The number of hydrogen-bond acceptors (Lipinski definition) is 4. The Hall–Kier alpha value is -3.17. The average Bonchev–Trinajstić information content (AvgIpc) is 2.90. The zero-order valence-corrected chi connectivity index (χ0v) is 26.1. The van der Waals surface area contributed by atoms with Gasteiger partial charge in [-0.2, -0.15) is 0 Å². The number of sulfonamides is 1. The van der Waals surface area contributed by atoms with Crippen molar-refractivity contribution in [1.29, 1.82) is 0 Å². The lowest BCUT2D eigenvalue weighted by Crippen LogP contribution is -2.53. The second kappa shape index (κ2) is 13.9. The molecule has 0 heterocycles. The number of rotatable bonds is 12. The van der Waals surface area contributed by atoms with Crippen LogP contribution >= 0.6 is 15.9 Å². The molecule has 0 aromatic heterocycles. The second-order valence-electron chi connectivity index (χ2n) is 10.6. The molecule has 40 heavy (non-hydrogen) atoms. The summed E-state index contributed by atoms with van der Waals surface area (Å²) in [5, 5.41) is 2.99. The Bertz CT molecular complexity index is 1410. The Labute approximate surface area is 246 Å². The highest BCUT2D eigenvalue weighted by molar-refractivity contribution is 9.10. The number of anilines is 1. The van der Waals surface area contributed by atoms with Crippen LogP contribution in [0.15, 0.2) is 77.3 Å². The van der Waals surface area contributed by atoms with E-state index in [1.54, 1.807) is 18.2 Å². The lowest BCUT2D eigenvalue weighted by molar-refractivity contribution is -0.140. The minimum Gasteiger partial charge on any atom is -0.354 e. The highest BCUT2D eigenvalue weighted by Crippen LogP contribution is 2.25. The van der Waals surface area contributed by atoms with Crippen LogP contribution < -0.4 is 9.62 Å². The smallest absolute Gasteiger partial charge is 0.244 e. The lowest BCUT2D eigenvalue weighted by atomic mass is 10.0. The summed E-state index contributed by atoms with van der Waals surface area (Å²) in [7, 11) is -3.81. The van der Waals surface area contributed by atoms with Crippen LogP contribution in [0.2, 0.25) is 0 Å². The van der Waals surface area contributed by atoms with Crippen molar-refractivity contribution in [2.24, 2.45) is 5.92 Å². The van der Waals surface area contributed by atoms with Gasteiger partial charge in [0.15, 0.2) is 0 Å². The summed E-state index contributed by atoms with van der Waals surface area (Å²) in [6.07, 6.45) is 1.37. The molecule has 3 aromatic carbocycles. The zero-order valence-electron chi connectivity index (χ0n) is 23.7. The van der Waals surface area contributed by atoms with Gasteiger partial charge in [0.05, 0.1) is 11.9 Å². The first-order valence-electron chi connectivity index (χ1n) is 13.3. The highest BCUT2D eigenvalue weighted by Gasteiger charge is 2.33. The van der Waals surface area contributed by atoms with Crippen molar-refractivity contribution in [2.75, 3.05) is 23.7 Å². The second-order valence-corrected chi connectivity index (χ2v) is 13.3. The monoisotopic (exact) mass is 627 g/mol. The largest absolute Gasteiger partial charge is 0.354 e. The maximum atomic E-state index is 14.1. The Kier molecular flexibility index (Phi) is 10.9. The number of carbonyl (C=O) groups is 2. The number of carbonyl (C=O) groups excluding carboxylic acids is 2. The van der Waals surface area contributed by atoms with E-state index >= 15 is 0 Å². The average molecular weight is 629 g/mol. The molecule has 0 saturated heterocycles. The van der Waals surface area contributed by atoms with E-state index < -0.39 is 28.5 Å². The van der Waals surface area contributed by atoms with Gasteiger partial charge in [0.25, 0.3) is 0 Å². The van der Waals surface area contributed by atoms with E-state index in [0.29, 0.717) is 18.7 Å². The van der Waals surface area contributed by atoms with Crippen LogP contribution in [0.25, 0.3) is 0 Å². The first-order valence-corrected chi connectivity index (χ1v) is 15.9. The molecule has 0 aliphatic heterocycles. The van der Waals surface area contributed by atoms with Gasteiger partial charge < -0.3 is 10.2 Å². The van der Waals surface area contributed by atoms with Crippen LogP contribution in [0.1, 0.15) is 36.1 Å². The van der Waals surface area contributed by atoms with E-state index in [1.807, 2.05) is 82.3 Å². The molecule has 0 aliphatic rings. The fourth-order valence-corrected chi connectivity index (χ4v) is 5.35. The van der Waals surface area contributed by atoms with Crippen LogP contribution in [0, 0.1) is 19.8 Å². The summed E-state index contributed by atoms with van der Waals surface area (Å²) in [5.74, 6) is -0.514. The Morgan fingerprint density at radius 1 is 0.925 bits per heavy atom. The van der Waals surface area contributed by atoms with Gasteiger partial charge >= 0.3 is 0 Å². The molecule has 1 unspecified atom stereocenters. The van der Waals surface area contributed by atoms with Gasteiger partial charge in [0, 0.05) is 24.0 Å². The molecule has 0 aliphatic carbocycles. The topological polar surface area (TPSA) is 86.8 Å². The maximum Gasteiger partial charge on any atom is 0.244 e. The predicted octanol–water partition coefficient (Wildman–Crippen LogP) is 5.24. The van der Waals surface area contributed by atoms with Crippen molar-refractivity contribution in [2.45, 2.75) is 46.7 Å². The molecule has 3 rings (SSSR count). The Morgan fingerprint density at radius 2 is 1.57 bits per heavy atom. The van der Waals surface area contributed by atoms with E-state index in [0.717, 1.165) is 37.3 Å². The van der Waals surface area contributed by atoms with Gasteiger partial charge in [-0.1, -0.05) is 89.9 Å². The molecule has 3 aromatic rings. The lowest BCUT2D eigenvalue weighted by Gasteiger charge is -2.33. The van der Waals surface area contributed by atoms with Crippen LogP contribution in [0.4, 0.5) is 5.69 Å². The van der Waals surface area contributed by atoms with Crippen molar-refractivity contribution < 1.29 is 18.0 Å². The number of nitrogens with zero attached hydrogens (tertiary/aromatic N) is 2. The van der Waals surface area contributed by atoms with Gasteiger partial charge in [-0.25, -0.2) is 8.42 Å². The molecule has 0 radical (unpaired) electrons. The molecular weight excluding hydrogens is 590 g/mol. The van der Waals surface area contributed by atoms with Crippen molar-refractivity contribution in [1.82, 2.24) is 10.2 Å². The fourth-order valence-electron chi connectivity index (χ4n) is 4.26. The third kappa shape index (κ3) is 8.93. The molecule has 7 nitrogen and oxygen atoms in total. The molecule has 214 valence electrons. The van der Waals surface area contributed by atoms with Crippen LogP contribution in [-0.4, -0.2) is 50.5 Å². The molecule has 9 heteroatoms. The third-order valence-electron chi connectivity index (χ3n) is 6.54. The summed E-state index contributed by atoms with van der Waals surface area (Å²) in [4.78, 5) is 29.2. The number of aryl methyl sites for hydroxylation is 2. The Morgan fingerprint density at radius 3 is 2.15 bits per heavy atom. The van der Waals surface area contributed by atoms with Crippen molar-refractivity contribution in [3.63, 3.8) is 0 Å². The molecule has 0 bridgehead atoms. The standard InChI is InChI=1S/C31H38BrN3O4S/c1-22(2)19-33-31(37)29(18-25-9-7-6-8-10-25)34(20-26-13-11-23(3)12-14-26)30(36)21-35(40(5,38)39)27-15-16-28(32)24(4)17-27/h6-17,22,29H,18-21H2,1-5H3,(H,33,37). The van der Waals surface area contributed by atoms with Gasteiger partial charge in [0.2, 0.25) is 21.8 Å². The normalized spacial score (nSPS) is 12.2. The molecule has 1 atom stereocenters. The van der Waals surface area contributed by atoms with E-state index in [2.05, 4.69) is 21.2 Å². The van der Waals surface area contributed by atoms with Gasteiger partial charge in [-0.05, 0) is 54.7 Å². The van der Waals surface area contributed by atoms with Crippen molar-refractivity contribution >= 4 is 43.5 Å². The van der Waals surface area contributed by atoms with Gasteiger partial charge in [0.1, 0.15) is 12.6 Å². The number of halogens is 1. The van der Waals surface area contributed by atoms with E-state index in [4.69, 9.17) is 0 Å². The molecule has 0 saturated carbocycles. The van der Waals surface area contributed by atoms with Crippen LogP contribution in [-0.2, 0) is 32.6 Å². The molecular formula is C31H38BrN3O4S. The summed E-state index contributed by atoms with van der Waals surface area (Å²) in [6, 6.07) is 21.6. The Balaban J connectivity index is 2.05. The maximum absolute atomic E-state index is 14.1. The summed E-state index contributed by atoms with van der Waals surface area (Å²) in [5.41, 5.74) is 4.04. The van der Waals surface area contributed by atoms with Crippen LogP contribution in [0.3, 0.4) is 0 Å². The number of amides is 2. The number of hydrogen-bond donors (Lipinski definition) is 1. The van der Waals surface area contributed by atoms with E-state index in [9.17, 15) is 18.0 Å². The van der Waals surface area contributed by atoms with Crippen LogP contribution in [0.5, 0.6) is 0 Å². The summed E-state index contributed by atoms with van der Waals surface area (Å²) in [6.45, 7) is 8.03. The molecule has 0 spiro atoms. The molecule has 0 fully saturated rings. The van der Waals surface area contributed by atoms with Gasteiger partial charge in [-0.3, -0.25) is 13.9 Å². The predicted molar refractivity (Wildman–Crippen MR) is 165 cm³/mol. The minimum atomic E-state index is -3.81. The number of nitrogens with one attached hydrogen (secondary N) is 1. The fraction of sp³-hybridized carbons (Fsp3) is 0.355. The molecule has 1 N–H and O–H groups in total. The first-order chi connectivity index (χ1) is 18.8. The third-order valence-corrected chi connectivity index (χ3v) is 8.57. The summed E-state index contributed by atoms with van der Waals surface area (Å²) < 4.78 is 27.8. The SMILES string of the molecule is Cc1ccc(CN(C(=O)CN(c2ccc(Br)c(C)c2)S(C)(=O)=O)C(Cc2ccccc2)C(=O)NCC(C)C)cc1. The van der Waals surface area contributed by atoms with Crippen molar-refractivity contribution in [3.05, 3.63) is 99.5 Å². The molecule has 2 amide bonds. The van der Waals surface area contributed by atoms with Gasteiger partial charge in [-0.15, -0.1) is 0 Å². The minimum absolute atomic E-state index is 0.155. The van der Waals surface area contributed by atoms with Crippen molar-refractivity contribution in [3.8, 4) is 0 Å². The number of benzene rings is 3. The van der Waals surface area contributed by atoms with E-state index in [-0.39, 0.29) is 18.4 Å².